The Balaban J connectivity index is 1.79. The van der Waals surface area contributed by atoms with Gasteiger partial charge in [0.1, 0.15) is 0 Å². The van der Waals surface area contributed by atoms with Crippen molar-refractivity contribution < 1.29 is 4.79 Å². The van der Waals surface area contributed by atoms with Crippen molar-refractivity contribution in [1.82, 2.24) is 10.2 Å². The summed E-state index contributed by atoms with van der Waals surface area (Å²) in [6.45, 7) is 4.47. The van der Waals surface area contributed by atoms with E-state index in [2.05, 4.69) is 34.5 Å². The number of nitrogens with one attached hydrogen (secondary N) is 1. The molecule has 0 aliphatic carbocycles. The van der Waals surface area contributed by atoms with E-state index < -0.39 is 0 Å². The molecule has 1 heterocycles. The van der Waals surface area contributed by atoms with E-state index in [9.17, 15) is 4.79 Å². The first-order valence-electron chi connectivity index (χ1n) is 7.05. The lowest BCUT2D eigenvalue weighted by atomic mass is 10.1. The van der Waals surface area contributed by atoms with Crippen LogP contribution in [0.1, 0.15) is 30.4 Å². The van der Waals surface area contributed by atoms with Crippen LogP contribution in [-0.4, -0.2) is 30.4 Å². The van der Waals surface area contributed by atoms with E-state index in [1.54, 1.807) is 0 Å². The zero-order valence-corrected chi connectivity index (χ0v) is 11.4. The molecule has 1 aliphatic heterocycles. The molecule has 0 atom stereocenters. The van der Waals surface area contributed by atoms with Crippen molar-refractivity contribution >= 4 is 5.91 Å². The molecule has 0 radical (unpaired) electrons. The van der Waals surface area contributed by atoms with E-state index in [4.69, 9.17) is 5.73 Å². The normalized spacial score (nSPS) is 15.6. The summed E-state index contributed by atoms with van der Waals surface area (Å²) in [6.07, 6.45) is 3.05. The zero-order chi connectivity index (χ0) is 13.5. The van der Waals surface area contributed by atoms with Crippen molar-refractivity contribution in [1.29, 1.82) is 0 Å². The molecular formula is C15H23N3O. The molecule has 1 fully saturated rings. The molecule has 1 aromatic carbocycles. The number of benzene rings is 1. The highest BCUT2D eigenvalue weighted by Crippen LogP contribution is 2.13. The lowest BCUT2D eigenvalue weighted by Gasteiger charge is -2.14. The first-order chi connectivity index (χ1) is 9.28. The predicted octanol–water partition coefficient (Wildman–Crippen LogP) is 1.25. The van der Waals surface area contributed by atoms with Gasteiger partial charge in [-0.05, 0) is 37.1 Å². The van der Waals surface area contributed by atoms with Crippen LogP contribution in [0.15, 0.2) is 24.3 Å². The third-order valence-corrected chi connectivity index (χ3v) is 3.49. The van der Waals surface area contributed by atoms with Crippen LogP contribution in [0.3, 0.4) is 0 Å². The molecule has 0 aromatic heterocycles. The van der Waals surface area contributed by atoms with Crippen LogP contribution in [0.5, 0.6) is 0 Å². The van der Waals surface area contributed by atoms with Crippen molar-refractivity contribution in [3.8, 4) is 0 Å². The lowest BCUT2D eigenvalue weighted by Crippen LogP contribution is -2.25. The Hall–Kier alpha value is -1.39. The monoisotopic (exact) mass is 261 g/mol. The number of nitrogens with zero attached hydrogens (tertiary/aromatic N) is 1. The van der Waals surface area contributed by atoms with E-state index in [0.29, 0.717) is 19.5 Å². The van der Waals surface area contributed by atoms with Crippen LogP contribution in [0.4, 0.5) is 0 Å². The van der Waals surface area contributed by atoms with Crippen LogP contribution in [-0.2, 0) is 17.9 Å². The summed E-state index contributed by atoms with van der Waals surface area (Å²) in [5.41, 5.74) is 7.81. The molecule has 0 bridgehead atoms. The number of hydrogen-bond donors (Lipinski definition) is 2. The van der Waals surface area contributed by atoms with E-state index in [0.717, 1.165) is 12.1 Å². The van der Waals surface area contributed by atoms with E-state index in [1.807, 2.05) is 0 Å². The van der Waals surface area contributed by atoms with Crippen LogP contribution in [0, 0.1) is 0 Å². The summed E-state index contributed by atoms with van der Waals surface area (Å²) in [5.74, 6) is 0.0173. The van der Waals surface area contributed by atoms with Crippen LogP contribution >= 0.6 is 0 Å². The Kier molecular flexibility index (Phi) is 5.36. The SMILES string of the molecule is NCCC(=O)NCc1ccc(CN2CCCC2)cc1. The number of carbonyl (C=O) groups is 1. The average molecular weight is 261 g/mol. The van der Waals surface area contributed by atoms with Gasteiger partial charge in [0.2, 0.25) is 5.91 Å². The quantitative estimate of drug-likeness (QED) is 0.810. The molecule has 4 heteroatoms. The minimum atomic E-state index is 0.0173. The minimum absolute atomic E-state index is 0.0173. The van der Waals surface area contributed by atoms with Crippen molar-refractivity contribution in [2.24, 2.45) is 5.73 Å². The fraction of sp³-hybridized carbons (Fsp3) is 0.533. The summed E-state index contributed by atoms with van der Waals surface area (Å²) < 4.78 is 0. The second-order valence-corrected chi connectivity index (χ2v) is 5.12. The van der Waals surface area contributed by atoms with Crippen LogP contribution in [0.25, 0.3) is 0 Å². The summed E-state index contributed by atoms with van der Waals surface area (Å²) in [7, 11) is 0. The first kappa shape index (κ1) is 14.0. The molecule has 2 rings (SSSR count). The highest BCUT2D eigenvalue weighted by Gasteiger charge is 2.11. The van der Waals surface area contributed by atoms with Gasteiger partial charge in [0.15, 0.2) is 0 Å². The third kappa shape index (κ3) is 4.65. The predicted molar refractivity (Wildman–Crippen MR) is 76.5 cm³/mol. The molecular weight excluding hydrogens is 238 g/mol. The average Bonchev–Trinajstić information content (AvgIpc) is 2.91. The maximum atomic E-state index is 11.3. The third-order valence-electron chi connectivity index (χ3n) is 3.49. The topological polar surface area (TPSA) is 58.4 Å². The van der Waals surface area contributed by atoms with Gasteiger partial charge >= 0.3 is 0 Å². The Morgan fingerprint density at radius 1 is 1.16 bits per heavy atom. The Morgan fingerprint density at radius 3 is 2.42 bits per heavy atom. The van der Waals surface area contributed by atoms with Gasteiger partial charge in [0, 0.05) is 26.1 Å². The number of likely N-dealkylation sites (tertiary alicyclic amines) is 1. The second-order valence-electron chi connectivity index (χ2n) is 5.12. The maximum absolute atomic E-state index is 11.3. The number of rotatable bonds is 6. The smallest absolute Gasteiger partial charge is 0.221 e. The number of nitrogens with two attached hydrogens (primary N) is 1. The molecule has 4 nitrogen and oxygen atoms in total. The summed E-state index contributed by atoms with van der Waals surface area (Å²) in [6, 6.07) is 8.49. The standard InChI is InChI=1S/C15H23N3O/c16-8-7-15(19)17-11-13-3-5-14(6-4-13)12-18-9-1-2-10-18/h3-6H,1-2,7-12,16H2,(H,17,19). The molecule has 1 aromatic rings. The molecule has 0 spiro atoms. The highest BCUT2D eigenvalue weighted by molar-refractivity contribution is 5.76. The zero-order valence-electron chi connectivity index (χ0n) is 11.4. The number of amides is 1. The van der Waals surface area contributed by atoms with E-state index in [-0.39, 0.29) is 5.91 Å². The summed E-state index contributed by atoms with van der Waals surface area (Å²) in [5, 5.41) is 2.86. The van der Waals surface area contributed by atoms with Gasteiger partial charge < -0.3 is 11.1 Å². The molecule has 1 saturated heterocycles. The molecule has 1 amide bonds. The molecule has 19 heavy (non-hydrogen) atoms. The Morgan fingerprint density at radius 2 is 1.79 bits per heavy atom. The molecule has 0 unspecified atom stereocenters. The van der Waals surface area contributed by atoms with Crippen LogP contribution in [0.2, 0.25) is 0 Å². The first-order valence-corrected chi connectivity index (χ1v) is 7.05. The van der Waals surface area contributed by atoms with Gasteiger partial charge in [-0.2, -0.15) is 0 Å². The van der Waals surface area contributed by atoms with Crippen LogP contribution < -0.4 is 11.1 Å². The maximum Gasteiger partial charge on any atom is 0.221 e. The number of hydrogen-bond acceptors (Lipinski definition) is 3. The highest BCUT2D eigenvalue weighted by atomic mass is 16.1. The number of carbonyl (C=O) groups excluding carboxylic acids is 1. The molecule has 0 saturated carbocycles. The fourth-order valence-corrected chi connectivity index (χ4v) is 2.38. The van der Waals surface area contributed by atoms with Gasteiger partial charge in [-0.1, -0.05) is 24.3 Å². The summed E-state index contributed by atoms with van der Waals surface area (Å²) >= 11 is 0. The van der Waals surface area contributed by atoms with Gasteiger partial charge in [0.05, 0.1) is 0 Å². The van der Waals surface area contributed by atoms with E-state index >= 15 is 0 Å². The van der Waals surface area contributed by atoms with Crippen molar-refractivity contribution in [2.45, 2.75) is 32.4 Å². The Labute approximate surface area is 115 Å². The van der Waals surface area contributed by atoms with Gasteiger partial charge in [0.25, 0.3) is 0 Å². The molecule has 3 N–H and O–H groups in total. The fourth-order valence-electron chi connectivity index (χ4n) is 2.38. The largest absolute Gasteiger partial charge is 0.352 e. The molecule has 104 valence electrons. The van der Waals surface area contributed by atoms with Gasteiger partial charge in [-0.25, -0.2) is 0 Å². The van der Waals surface area contributed by atoms with Gasteiger partial charge in [-0.15, -0.1) is 0 Å². The van der Waals surface area contributed by atoms with Gasteiger partial charge in [-0.3, -0.25) is 9.69 Å². The Bertz CT molecular complexity index is 396. The van der Waals surface area contributed by atoms with Crippen molar-refractivity contribution in [3.63, 3.8) is 0 Å². The minimum Gasteiger partial charge on any atom is -0.352 e. The van der Waals surface area contributed by atoms with Crippen molar-refractivity contribution in [3.05, 3.63) is 35.4 Å². The lowest BCUT2D eigenvalue weighted by molar-refractivity contribution is -0.121. The van der Waals surface area contributed by atoms with E-state index in [1.165, 1.54) is 31.5 Å². The second kappa shape index (κ2) is 7.26. The molecule has 1 aliphatic rings. The summed E-state index contributed by atoms with van der Waals surface area (Å²) in [4.78, 5) is 13.8. The van der Waals surface area contributed by atoms with Crippen molar-refractivity contribution in [2.75, 3.05) is 19.6 Å².